The first-order chi connectivity index (χ1) is 8.04. The Labute approximate surface area is 100 Å². The molecule has 1 heterocycles. The van der Waals surface area contributed by atoms with E-state index < -0.39 is 5.76 Å². The van der Waals surface area contributed by atoms with Gasteiger partial charge in [-0.25, -0.2) is 4.79 Å². The molecular formula is C13H18N2O2. The third-order valence-corrected chi connectivity index (χ3v) is 2.65. The number of oxazole rings is 1. The normalized spacial score (nSPS) is 13.4. The minimum absolute atomic E-state index is 0.398. The minimum Gasteiger partial charge on any atom is -0.408 e. The Morgan fingerprint density at radius 3 is 2.82 bits per heavy atom. The van der Waals surface area contributed by atoms with E-state index in [-0.39, 0.29) is 0 Å². The van der Waals surface area contributed by atoms with Gasteiger partial charge in [-0.3, -0.25) is 4.98 Å². The summed E-state index contributed by atoms with van der Waals surface area (Å²) in [4.78, 5) is 13.7. The van der Waals surface area contributed by atoms with E-state index in [1.807, 2.05) is 18.2 Å². The highest BCUT2D eigenvalue weighted by Gasteiger charge is 2.07. The van der Waals surface area contributed by atoms with Crippen LogP contribution in [0.15, 0.2) is 27.4 Å². The minimum atomic E-state index is -0.398. The van der Waals surface area contributed by atoms with Crippen LogP contribution in [0.4, 0.5) is 0 Å². The summed E-state index contributed by atoms with van der Waals surface area (Å²) in [5.74, 6) is -0.398. The van der Waals surface area contributed by atoms with Crippen LogP contribution in [0.2, 0.25) is 0 Å². The van der Waals surface area contributed by atoms with Gasteiger partial charge in [0.15, 0.2) is 5.58 Å². The molecule has 1 aromatic heterocycles. The van der Waals surface area contributed by atoms with Gasteiger partial charge in [-0.1, -0.05) is 19.9 Å². The van der Waals surface area contributed by atoms with Crippen molar-refractivity contribution in [3.05, 3.63) is 34.3 Å². The summed E-state index contributed by atoms with van der Waals surface area (Å²) in [5.41, 5.74) is 2.55. The van der Waals surface area contributed by atoms with Gasteiger partial charge in [-0.15, -0.1) is 0 Å². The second kappa shape index (κ2) is 4.75. The maximum absolute atomic E-state index is 11.0. The Morgan fingerprint density at radius 1 is 1.35 bits per heavy atom. The highest BCUT2D eigenvalue weighted by molar-refractivity contribution is 5.72. The topological polar surface area (TPSA) is 58.0 Å². The van der Waals surface area contributed by atoms with Crippen LogP contribution in [-0.4, -0.2) is 17.1 Å². The first kappa shape index (κ1) is 11.9. The van der Waals surface area contributed by atoms with Crippen molar-refractivity contribution in [2.75, 3.05) is 0 Å². The van der Waals surface area contributed by atoms with E-state index in [2.05, 4.69) is 31.1 Å². The molecule has 0 radical (unpaired) electrons. The van der Waals surface area contributed by atoms with Gasteiger partial charge in [0.25, 0.3) is 0 Å². The lowest BCUT2D eigenvalue weighted by Crippen LogP contribution is -2.33. The molecule has 0 saturated heterocycles. The van der Waals surface area contributed by atoms with Gasteiger partial charge < -0.3 is 9.73 Å². The molecule has 0 spiro atoms. The fourth-order valence-corrected chi connectivity index (χ4v) is 2.10. The van der Waals surface area contributed by atoms with Gasteiger partial charge >= 0.3 is 5.76 Å². The second-order valence-electron chi connectivity index (χ2n) is 4.77. The summed E-state index contributed by atoms with van der Waals surface area (Å²) in [6, 6.07) is 6.70. The van der Waals surface area contributed by atoms with Crippen molar-refractivity contribution in [3.8, 4) is 0 Å². The predicted octanol–water partition coefficient (Wildman–Crippen LogP) is 2.05. The third kappa shape index (κ3) is 2.97. The first-order valence-electron chi connectivity index (χ1n) is 5.92. The molecule has 4 nitrogen and oxygen atoms in total. The average Bonchev–Trinajstić information content (AvgIpc) is 2.55. The van der Waals surface area contributed by atoms with E-state index in [1.54, 1.807) is 0 Å². The number of rotatable bonds is 4. The zero-order valence-corrected chi connectivity index (χ0v) is 10.4. The van der Waals surface area contributed by atoms with Crippen molar-refractivity contribution in [2.24, 2.45) is 0 Å². The molecule has 0 saturated carbocycles. The molecular weight excluding hydrogens is 216 g/mol. The fraction of sp³-hybridized carbons (Fsp3) is 0.462. The van der Waals surface area contributed by atoms with E-state index in [0.29, 0.717) is 17.7 Å². The first-order valence-corrected chi connectivity index (χ1v) is 5.92. The van der Waals surface area contributed by atoms with Crippen molar-refractivity contribution in [1.29, 1.82) is 0 Å². The number of benzene rings is 1. The third-order valence-electron chi connectivity index (χ3n) is 2.65. The molecule has 0 aliphatic heterocycles. The SMILES string of the molecule is CC(C)NC(C)Cc1ccc2[nH]c(=O)oc2c1. The van der Waals surface area contributed by atoms with Crippen LogP contribution in [0, 0.1) is 0 Å². The molecule has 0 bridgehead atoms. The zero-order valence-electron chi connectivity index (χ0n) is 10.4. The summed E-state index contributed by atoms with van der Waals surface area (Å²) in [6.07, 6.45) is 0.920. The van der Waals surface area contributed by atoms with Gasteiger partial charge in [0.1, 0.15) is 0 Å². The lowest BCUT2D eigenvalue weighted by Gasteiger charge is -2.16. The molecule has 0 amide bonds. The van der Waals surface area contributed by atoms with Crippen LogP contribution >= 0.6 is 0 Å². The number of hydrogen-bond acceptors (Lipinski definition) is 3. The molecule has 17 heavy (non-hydrogen) atoms. The van der Waals surface area contributed by atoms with Gasteiger partial charge in [0.2, 0.25) is 0 Å². The standard InChI is InChI=1S/C13H18N2O2/c1-8(2)14-9(3)6-10-4-5-11-12(7-10)17-13(16)15-11/h4-5,7-9,14H,6H2,1-3H3,(H,15,16). The lowest BCUT2D eigenvalue weighted by atomic mass is 10.1. The number of aromatic nitrogens is 1. The van der Waals surface area contributed by atoms with Crippen LogP contribution in [0.3, 0.4) is 0 Å². The molecule has 0 fully saturated rings. The van der Waals surface area contributed by atoms with E-state index in [1.165, 1.54) is 5.56 Å². The van der Waals surface area contributed by atoms with Crippen LogP contribution in [0.1, 0.15) is 26.3 Å². The summed E-state index contributed by atoms with van der Waals surface area (Å²) in [6.45, 7) is 6.41. The Hall–Kier alpha value is -1.55. The van der Waals surface area contributed by atoms with Gasteiger partial charge in [0.05, 0.1) is 5.52 Å². The highest BCUT2D eigenvalue weighted by Crippen LogP contribution is 2.13. The number of fused-ring (bicyclic) bond motifs is 1. The van der Waals surface area contributed by atoms with E-state index in [9.17, 15) is 4.79 Å². The average molecular weight is 234 g/mol. The largest absolute Gasteiger partial charge is 0.417 e. The van der Waals surface area contributed by atoms with Crippen molar-refractivity contribution in [3.63, 3.8) is 0 Å². The van der Waals surface area contributed by atoms with Crippen LogP contribution < -0.4 is 11.1 Å². The maximum atomic E-state index is 11.0. The molecule has 2 rings (SSSR count). The second-order valence-corrected chi connectivity index (χ2v) is 4.77. The Bertz CT molecular complexity index is 554. The van der Waals surface area contributed by atoms with Crippen molar-refractivity contribution < 1.29 is 4.42 Å². The Morgan fingerprint density at radius 2 is 2.12 bits per heavy atom. The number of hydrogen-bond donors (Lipinski definition) is 2. The molecule has 2 N–H and O–H groups in total. The fourth-order valence-electron chi connectivity index (χ4n) is 2.10. The van der Waals surface area contributed by atoms with E-state index >= 15 is 0 Å². The molecule has 1 atom stereocenters. The Balaban J connectivity index is 2.16. The molecule has 4 heteroatoms. The summed E-state index contributed by atoms with van der Waals surface area (Å²) < 4.78 is 5.04. The van der Waals surface area contributed by atoms with Crippen LogP contribution in [0.25, 0.3) is 11.1 Å². The number of H-pyrrole nitrogens is 1. The number of nitrogens with one attached hydrogen (secondary N) is 2. The summed E-state index contributed by atoms with van der Waals surface area (Å²) in [7, 11) is 0. The van der Waals surface area contributed by atoms with E-state index in [0.717, 1.165) is 11.9 Å². The molecule has 2 aromatic rings. The maximum Gasteiger partial charge on any atom is 0.417 e. The zero-order chi connectivity index (χ0) is 12.4. The molecule has 0 aliphatic rings. The molecule has 1 aromatic carbocycles. The van der Waals surface area contributed by atoms with Crippen LogP contribution in [-0.2, 0) is 6.42 Å². The van der Waals surface area contributed by atoms with Gasteiger partial charge in [0, 0.05) is 12.1 Å². The number of aromatic amines is 1. The smallest absolute Gasteiger partial charge is 0.408 e. The van der Waals surface area contributed by atoms with Crippen molar-refractivity contribution in [1.82, 2.24) is 10.3 Å². The molecule has 0 aliphatic carbocycles. The van der Waals surface area contributed by atoms with Crippen molar-refractivity contribution >= 4 is 11.1 Å². The monoisotopic (exact) mass is 234 g/mol. The lowest BCUT2D eigenvalue weighted by molar-refractivity contribution is 0.487. The highest BCUT2D eigenvalue weighted by atomic mass is 16.4. The van der Waals surface area contributed by atoms with Gasteiger partial charge in [-0.2, -0.15) is 0 Å². The quantitative estimate of drug-likeness (QED) is 0.851. The summed E-state index contributed by atoms with van der Waals surface area (Å²) >= 11 is 0. The predicted molar refractivity (Wildman–Crippen MR) is 68.3 cm³/mol. The van der Waals surface area contributed by atoms with E-state index in [4.69, 9.17) is 4.42 Å². The molecule has 1 unspecified atom stereocenters. The van der Waals surface area contributed by atoms with Crippen molar-refractivity contribution in [2.45, 2.75) is 39.3 Å². The Kier molecular flexibility index (Phi) is 3.33. The van der Waals surface area contributed by atoms with Crippen LogP contribution in [0.5, 0.6) is 0 Å². The van der Waals surface area contributed by atoms with Gasteiger partial charge in [-0.05, 0) is 31.0 Å². The summed E-state index contributed by atoms with van der Waals surface area (Å²) in [5, 5.41) is 3.44. The molecule has 92 valence electrons.